The van der Waals surface area contributed by atoms with Crippen molar-refractivity contribution in [3.63, 3.8) is 0 Å². The van der Waals surface area contributed by atoms with Crippen molar-refractivity contribution in [2.45, 2.75) is 5.38 Å². The van der Waals surface area contributed by atoms with Crippen molar-refractivity contribution in [3.8, 4) is 5.75 Å². The van der Waals surface area contributed by atoms with Crippen LogP contribution < -0.4 is 4.90 Å². The van der Waals surface area contributed by atoms with E-state index in [9.17, 15) is 28.4 Å². The number of hydrogen-bond donors (Lipinski definition) is 1. The van der Waals surface area contributed by atoms with Gasteiger partial charge in [0.15, 0.2) is 9.84 Å². The fourth-order valence-corrected chi connectivity index (χ4v) is 4.10. The molecule has 9 nitrogen and oxygen atoms in total. The van der Waals surface area contributed by atoms with Crippen LogP contribution in [0.15, 0.2) is 54.1 Å². The summed E-state index contributed by atoms with van der Waals surface area (Å²) in [6.07, 6.45) is -0.249. The van der Waals surface area contributed by atoms with E-state index in [1.807, 2.05) is 0 Å². The lowest BCUT2D eigenvalue weighted by molar-refractivity contribution is -0.384. The number of anilines is 1. The van der Waals surface area contributed by atoms with E-state index in [0.29, 0.717) is 11.7 Å². The number of hydrogen-bond acceptors (Lipinski definition) is 7. The number of phenolic OH excluding ortho intramolecular Hbond substituents is 1. The third kappa shape index (κ3) is 6.09. The van der Waals surface area contributed by atoms with Crippen LogP contribution in [0, 0.1) is 10.1 Å². The Bertz CT molecular complexity index is 1090. The molecule has 0 aliphatic heterocycles. The summed E-state index contributed by atoms with van der Waals surface area (Å²) in [5.41, 5.74) is -0.0289. The number of nitro benzene ring substituents is 1. The average molecular weight is 475 g/mol. The van der Waals surface area contributed by atoms with Gasteiger partial charge in [-0.2, -0.15) is 0 Å². The van der Waals surface area contributed by atoms with E-state index in [1.165, 1.54) is 31.3 Å². The molecule has 0 saturated carbocycles. The molecule has 1 atom stereocenters. The molecule has 0 aliphatic carbocycles. The Labute approximate surface area is 182 Å². The van der Waals surface area contributed by atoms with E-state index in [0.717, 1.165) is 11.0 Å². The molecule has 12 heteroatoms. The number of aromatic hydroxyl groups is 1. The highest BCUT2D eigenvalue weighted by Gasteiger charge is 2.21. The van der Waals surface area contributed by atoms with E-state index in [4.69, 9.17) is 27.9 Å². The minimum Gasteiger partial charge on any atom is -0.506 e. The van der Waals surface area contributed by atoms with Crippen molar-refractivity contribution in [2.75, 3.05) is 17.7 Å². The summed E-state index contributed by atoms with van der Waals surface area (Å²) in [6.45, 7) is 0. The van der Waals surface area contributed by atoms with Gasteiger partial charge in [-0.15, -0.1) is 11.6 Å². The molecule has 160 valence electrons. The quantitative estimate of drug-likeness (QED) is 0.272. The fourth-order valence-electron chi connectivity index (χ4n) is 2.32. The number of rotatable bonds is 7. The monoisotopic (exact) mass is 474 g/mol. The summed E-state index contributed by atoms with van der Waals surface area (Å²) in [4.78, 5) is 23.2. The number of nitro groups is 1. The van der Waals surface area contributed by atoms with Gasteiger partial charge in [0.05, 0.1) is 27.1 Å². The minimum atomic E-state index is -3.93. The number of ether oxygens (including phenoxy) is 1. The number of para-hydroxylation sites is 2. The third-order valence-corrected chi connectivity index (χ3v) is 6.09. The first-order chi connectivity index (χ1) is 14.0. The highest BCUT2D eigenvalue weighted by molar-refractivity contribution is 7.94. The molecule has 2 aromatic rings. The normalized spacial score (nSPS) is 12.5. The molecule has 0 heterocycles. The lowest BCUT2D eigenvalue weighted by Crippen LogP contribution is -2.25. The zero-order valence-electron chi connectivity index (χ0n) is 15.4. The second kappa shape index (κ2) is 9.79. The molecule has 0 aliphatic rings. The van der Waals surface area contributed by atoms with Crippen LogP contribution in [0.5, 0.6) is 5.75 Å². The van der Waals surface area contributed by atoms with Crippen LogP contribution in [0.25, 0.3) is 0 Å². The number of benzene rings is 2. The highest BCUT2D eigenvalue weighted by atomic mass is 35.5. The number of halogens is 2. The summed E-state index contributed by atoms with van der Waals surface area (Å²) >= 11 is 11.8. The predicted octanol–water partition coefficient (Wildman–Crippen LogP) is 4.39. The number of carbonyl (C=O) groups excluding carboxylic acids is 1. The summed E-state index contributed by atoms with van der Waals surface area (Å²) in [5, 5.41) is 20.1. The first-order valence-electron chi connectivity index (χ1n) is 8.21. The lowest BCUT2D eigenvalue weighted by Gasteiger charge is -2.16. The van der Waals surface area contributed by atoms with Crippen molar-refractivity contribution in [2.24, 2.45) is 0 Å². The molecule has 30 heavy (non-hydrogen) atoms. The minimum absolute atomic E-state index is 0.101. The summed E-state index contributed by atoms with van der Waals surface area (Å²) in [5.74, 6) is -0.757. The Morgan fingerprint density at radius 3 is 2.63 bits per heavy atom. The molecule has 0 radical (unpaired) electrons. The van der Waals surface area contributed by atoms with E-state index < -0.39 is 37.7 Å². The van der Waals surface area contributed by atoms with Crippen molar-refractivity contribution >= 4 is 50.5 Å². The number of nitrogens with zero attached hydrogens (tertiary/aromatic N) is 2. The molecule has 1 amide bonds. The number of phenols is 1. The second-order valence-corrected chi connectivity index (χ2v) is 8.83. The van der Waals surface area contributed by atoms with E-state index >= 15 is 0 Å². The number of alkyl halides is 1. The molecular formula is C18H16Cl2N2O7S. The summed E-state index contributed by atoms with van der Waals surface area (Å²) in [6, 6.07) is 9.75. The maximum atomic E-state index is 12.2. The van der Waals surface area contributed by atoms with Crippen LogP contribution >= 0.6 is 23.2 Å². The van der Waals surface area contributed by atoms with Gasteiger partial charge in [0, 0.05) is 13.1 Å². The van der Waals surface area contributed by atoms with Gasteiger partial charge in [0.2, 0.25) is 0 Å². The average Bonchev–Trinajstić information content (AvgIpc) is 2.67. The van der Waals surface area contributed by atoms with Crippen molar-refractivity contribution in [1.29, 1.82) is 0 Å². The Hall–Kier alpha value is -2.82. The van der Waals surface area contributed by atoms with Crippen LogP contribution in [0.1, 0.15) is 10.9 Å². The molecule has 0 saturated heterocycles. The van der Waals surface area contributed by atoms with Crippen LogP contribution in [-0.4, -0.2) is 37.3 Å². The molecule has 2 rings (SSSR count). The summed E-state index contributed by atoms with van der Waals surface area (Å²) < 4.78 is 29.2. The Morgan fingerprint density at radius 1 is 1.33 bits per heavy atom. The zero-order chi connectivity index (χ0) is 22.5. The van der Waals surface area contributed by atoms with Gasteiger partial charge in [-0.05, 0) is 23.8 Å². The Balaban J connectivity index is 2.03. The van der Waals surface area contributed by atoms with Gasteiger partial charge in [-0.1, -0.05) is 29.8 Å². The smallest absolute Gasteiger partial charge is 0.419 e. The number of amides is 1. The third-order valence-electron chi connectivity index (χ3n) is 3.86. The maximum absolute atomic E-state index is 12.2. The Kier molecular flexibility index (Phi) is 7.65. The van der Waals surface area contributed by atoms with E-state index in [-0.39, 0.29) is 22.0 Å². The Morgan fingerprint density at radius 2 is 2.00 bits per heavy atom. The van der Waals surface area contributed by atoms with Gasteiger partial charge in [-0.3, -0.25) is 15.0 Å². The van der Waals surface area contributed by atoms with Gasteiger partial charge in [0.1, 0.15) is 17.0 Å². The maximum Gasteiger partial charge on any atom is 0.419 e. The SMILES string of the molecule is CN(C(=O)OC=CS(=O)(=O)CC(Cl)c1ccc(Cl)c([N+](=O)[O-])c1)c1ccccc1O. The van der Waals surface area contributed by atoms with Crippen LogP contribution in [-0.2, 0) is 14.6 Å². The molecule has 0 bridgehead atoms. The molecular weight excluding hydrogens is 459 g/mol. The highest BCUT2D eigenvalue weighted by Crippen LogP contribution is 2.31. The largest absolute Gasteiger partial charge is 0.506 e. The van der Waals surface area contributed by atoms with Crippen LogP contribution in [0.2, 0.25) is 5.02 Å². The van der Waals surface area contributed by atoms with Gasteiger partial charge < -0.3 is 9.84 Å². The standard InChI is InChI=1S/C18H16Cl2N2O7S/c1-21(15-4-2-3-5-17(15)23)18(24)29-8-9-30(27,28)11-14(20)12-6-7-13(19)16(10-12)22(25)26/h2-10,14,23H,11H2,1H3. The molecule has 1 N–H and O–H groups in total. The molecule has 0 aromatic heterocycles. The van der Waals surface area contributed by atoms with Crippen molar-refractivity contribution in [3.05, 3.63) is 74.8 Å². The van der Waals surface area contributed by atoms with Gasteiger partial charge >= 0.3 is 6.09 Å². The second-order valence-electron chi connectivity index (χ2n) is 5.97. The van der Waals surface area contributed by atoms with Gasteiger partial charge in [0.25, 0.3) is 5.69 Å². The lowest BCUT2D eigenvalue weighted by atomic mass is 10.1. The number of carbonyl (C=O) groups is 1. The van der Waals surface area contributed by atoms with Crippen molar-refractivity contribution < 1.29 is 28.0 Å². The predicted molar refractivity (Wildman–Crippen MR) is 113 cm³/mol. The van der Waals surface area contributed by atoms with E-state index in [2.05, 4.69) is 0 Å². The first-order valence-corrected chi connectivity index (χ1v) is 10.7. The summed E-state index contributed by atoms with van der Waals surface area (Å²) in [7, 11) is -2.59. The zero-order valence-corrected chi connectivity index (χ0v) is 17.8. The van der Waals surface area contributed by atoms with Crippen molar-refractivity contribution in [1.82, 2.24) is 0 Å². The molecule has 1 unspecified atom stereocenters. The van der Waals surface area contributed by atoms with Gasteiger partial charge in [-0.25, -0.2) is 13.2 Å². The van der Waals surface area contributed by atoms with Crippen LogP contribution in [0.3, 0.4) is 0 Å². The molecule has 0 spiro atoms. The number of sulfone groups is 1. The van der Waals surface area contributed by atoms with E-state index in [1.54, 1.807) is 12.1 Å². The molecule has 0 fully saturated rings. The van der Waals surface area contributed by atoms with Crippen LogP contribution in [0.4, 0.5) is 16.2 Å². The molecule has 2 aromatic carbocycles. The topological polar surface area (TPSA) is 127 Å². The fraction of sp³-hybridized carbons (Fsp3) is 0.167. The first kappa shape index (κ1) is 23.5.